The van der Waals surface area contributed by atoms with Gasteiger partial charge in [0.25, 0.3) is 0 Å². The molecule has 456 valence electrons. The topological polar surface area (TPSA) is 153 Å². The molecule has 0 amide bonds. The number of benzene rings is 4. The maximum atomic E-state index is 4.27. The maximum absolute atomic E-state index is 4.27. The first kappa shape index (κ1) is 74.4. The summed E-state index contributed by atoms with van der Waals surface area (Å²) in [7, 11) is 0. The Kier molecular flexibility index (Phi) is 36.7. The van der Waals surface area contributed by atoms with E-state index < -0.39 is 0 Å². The van der Waals surface area contributed by atoms with Gasteiger partial charge in [0.15, 0.2) is 0 Å². The van der Waals surface area contributed by atoms with Crippen LogP contribution in [0.25, 0.3) is 38.4 Å². The largest absolute Gasteiger partial charge is 0.346 e. The molecule has 4 aromatic carbocycles. The number of aliphatic imine (C=N–C) groups is 1. The van der Waals surface area contributed by atoms with Crippen molar-refractivity contribution in [3.63, 3.8) is 0 Å². The van der Waals surface area contributed by atoms with Crippen molar-refractivity contribution in [3.05, 3.63) is 184 Å². The minimum absolute atomic E-state index is 0.506. The van der Waals surface area contributed by atoms with Crippen LogP contribution < -0.4 is 0 Å². The summed E-state index contributed by atoms with van der Waals surface area (Å²) in [6.07, 6.45) is 13.1. The van der Waals surface area contributed by atoms with Crippen molar-refractivity contribution in [2.24, 2.45) is 15.2 Å². The highest BCUT2D eigenvalue weighted by Gasteiger charge is 2.15. The van der Waals surface area contributed by atoms with Crippen LogP contribution in [0.2, 0.25) is 0 Å². The summed E-state index contributed by atoms with van der Waals surface area (Å²) in [5.41, 5.74) is 17.6. The number of nitrogens with one attached hydrogen (secondary N) is 3. The number of H-pyrrole nitrogens is 3. The van der Waals surface area contributed by atoms with Gasteiger partial charge in [-0.25, -0.2) is 4.98 Å². The smallest absolute Gasteiger partial charge is 0.137 e. The van der Waals surface area contributed by atoms with E-state index in [-0.39, 0.29) is 0 Å². The predicted molar refractivity (Wildman–Crippen MR) is 366 cm³/mol. The van der Waals surface area contributed by atoms with Gasteiger partial charge in [0.1, 0.15) is 5.65 Å². The van der Waals surface area contributed by atoms with Gasteiger partial charge in [-0.3, -0.25) is 15.2 Å². The van der Waals surface area contributed by atoms with Gasteiger partial charge >= 0.3 is 0 Å². The highest BCUT2D eigenvalue weighted by molar-refractivity contribution is 5.85. The number of hydrogen-bond acceptors (Lipinski definition) is 8. The van der Waals surface area contributed by atoms with Gasteiger partial charge in [-0.1, -0.05) is 227 Å². The molecule has 10 aromatic rings. The lowest BCUT2D eigenvalue weighted by Crippen LogP contribution is -1.95. The first-order valence-corrected chi connectivity index (χ1v) is 31.4. The van der Waals surface area contributed by atoms with Gasteiger partial charge in [-0.15, -0.1) is 0 Å². The zero-order valence-electron chi connectivity index (χ0n) is 56.2. The third kappa shape index (κ3) is 21.5. The monoisotopic (exact) mass is 1140 g/mol. The van der Waals surface area contributed by atoms with E-state index >= 15 is 0 Å². The number of fused-ring (bicyclic) bond motifs is 6. The SMILES string of the molecule is CC.CC.CC.CC.CC.CC.CC(C)c1cccc2[nH]ncc12.CC(C)c1cccc2c1CN=C2.CC(C)c1cccc2c1CN=N2.CC(C)c1cccc2cn[nH]c12.CC(C)c1ccnc2[nH]ccc12.CC(C)c1cnn2ncccc12. The average Bonchev–Trinajstić information content (AvgIpc) is 4.49. The molecule has 12 nitrogen and oxygen atoms in total. The van der Waals surface area contributed by atoms with Crippen LogP contribution >= 0.6 is 0 Å². The van der Waals surface area contributed by atoms with E-state index in [1.165, 1.54) is 71.7 Å². The lowest BCUT2D eigenvalue weighted by Gasteiger charge is -2.10. The van der Waals surface area contributed by atoms with Crippen LogP contribution in [0.1, 0.15) is 252 Å². The fraction of sp³-hybridized carbons (Fsp3) is 0.444. The molecule has 0 unspecified atom stereocenters. The van der Waals surface area contributed by atoms with Crippen molar-refractivity contribution < 1.29 is 0 Å². The van der Waals surface area contributed by atoms with Crippen LogP contribution in [-0.4, -0.2) is 51.4 Å². The molecule has 0 saturated heterocycles. The molecule has 0 fully saturated rings. The lowest BCUT2D eigenvalue weighted by atomic mass is 9.95. The summed E-state index contributed by atoms with van der Waals surface area (Å²) in [5, 5.41) is 34.0. The standard InChI is InChI=1S/C11H13N.4C10H12N2.C9H11N3.6C2H6/c1-8(2)10-5-3-4-9-6-12-7-11(9)10;1-7(2)8-3-5-11-10-9(8)4-6-12-10;2*1-7(2)8-4-3-5-10-9(8)6-11-12-10;1-7(2)9-5-3-4-8-6-11-12-10(8)9;1-7(2)8-6-11-12-9(8)4-3-5-10-12;6*1-2/h3-6,8H,7H2,1-2H3;3-7H,1-2H3,(H,11,12);3-5,7H,6H2,1-2H3;2*3-7H,1-2H3,(H,11,12);3-7H,1-2H3;6*1-2H3. The summed E-state index contributed by atoms with van der Waals surface area (Å²) in [5.74, 6) is 3.36. The quantitative estimate of drug-likeness (QED) is 0.151. The molecule has 0 spiro atoms. The fourth-order valence-electron chi connectivity index (χ4n) is 9.03. The van der Waals surface area contributed by atoms with Crippen LogP contribution in [-0.2, 0) is 13.1 Å². The number of azo groups is 1. The second-order valence-electron chi connectivity index (χ2n) is 20.1. The van der Waals surface area contributed by atoms with E-state index in [1.807, 2.05) is 145 Å². The molecule has 8 heterocycles. The highest BCUT2D eigenvalue weighted by Crippen LogP contribution is 2.33. The van der Waals surface area contributed by atoms with Gasteiger partial charge in [-0.05, 0) is 111 Å². The number of pyridine rings is 1. The Hall–Kier alpha value is -7.60. The van der Waals surface area contributed by atoms with Crippen LogP contribution in [0, 0.1) is 0 Å². The second kappa shape index (κ2) is 41.4. The molecule has 2 aliphatic rings. The summed E-state index contributed by atoms with van der Waals surface area (Å²) in [6, 6.07) is 33.4. The minimum Gasteiger partial charge on any atom is -0.346 e. The fourth-order valence-corrected chi connectivity index (χ4v) is 9.03. The summed E-state index contributed by atoms with van der Waals surface area (Å²) >= 11 is 0. The maximum Gasteiger partial charge on any atom is 0.137 e. The average molecular weight is 1140 g/mol. The Morgan fingerprint density at radius 1 is 0.440 bits per heavy atom. The van der Waals surface area contributed by atoms with Crippen molar-refractivity contribution in [2.75, 3.05) is 0 Å². The van der Waals surface area contributed by atoms with E-state index in [0.717, 1.165) is 35.5 Å². The van der Waals surface area contributed by atoms with E-state index in [9.17, 15) is 0 Å². The van der Waals surface area contributed by atoms with Crippen molar-refractivity contribution >= 4 is 50.3 Å². The van der Waals surface area contributed by atoms with Crippen LogP contribution in [0.15, 0.2) is 149 Å². The Morgan fingerprint density at radius 2 is 0.988 bits per heavy atom. The second-order valence-corrected chi connectivity index (χ2v) is 20.1. The summed E-state index contributed by atoms with van der Waals surface area (Å²) < 4.78 is 1.66. The van der Waals surface area contributed by atoms with Crippen LogP contribution in [0.4, 0.5) is 5.69 Å². The number of aromatic nitrogens is 9. The zero-order valence-corrected chi connectivity index (χ0v) is 56.2. The Balaban J connectivity index is 0.000000486. The van der Waals surface area contributed by atoms with Crippen LogP contribution in [0.5, 0.6) is 0 Å². The molecule has 12 heteroatoms. The van der Waals surface area contributed by atoms with E-state index in [1.54, 1.807) is 10.8 Å². The van der Waals surface area contributed by atoms with Crippen molar-refractivity contribution in [2.45, 2.75) is 215 Å². The molecule has 12 rings (SSSR count). The van der Waals surface area contributed by atoms with Crippen molar-refractivity contribution in [3.8, 4) is 0 Å². The molecule has 0 aliphatic carbocycles. The normalized spacial score (nSPS) is 10.8. The first-order valence-electron chi connectivity index (χ1n) is 31.4. The molecule has 0 atom stereocenters. The van der Waals surface area contributed by atoms with Gasteiger partial charge in [0, 0.05) is 52.1 Å². The number of hydrogen-bond donors (Lipinski definition) is 3. The lowest BCUT2D eigenvalue weighted by molar-refractivity contribution is 0.799. The molecule has 84 heavy (non-hydrogen) atoms. The number of aromatic amines is 3. The van der Waals surface area contributed by atoms with Crippen molar-refractivity contribution in [1.29, 1.82) is 0 Å². The first-order chi connectivity index (χ1) is 40.7. The summed E-state index contributed by atoms with van der Waals surface area (Å²) in [6.45, 7) is 52.0. The van der Waals surface area contributed by atoms with Gasteiger partial charge in [-0.2, -0.15) is 35.3 Å². The number of para-hydroxylation sites is 1. The molecular weight excluding hydrogens is 1030 g/mol. The van der Waals surface area contributed by atoms with E-state index in [2.05, 4.69) is 212 Å². The minimum atomic E-state index is 0.506. The van der Waals surface area contributed by atoms with Gasteiger partial charge in [0.05, 0.1) is 53.9 Å². The Bertz CT molecular complexity index is 3100. The van der Waals surface area contributed by atoms with E-state index in [0.29, 0.717) is 35.5 Å². The van der Waals surface area contributed by atoms with E-state index in [4.69, 9.17) is 0 Å². The van der Waals surface area contributed by atoms with Gasteiger partial charge < -0.3 is 4.98 Å². The number of nitrogens with zero attached hydrogens (tertiary/aromatic N) is 9. The molecular formula is C72H108N12. The molecule has 0 radical (unpaired) electrons. The highest BCUT2D eigenvalue weighted by atomic mass is 15.4. The predicted octanol–water partition coefficient (Wildman–Crippen LogP) is 22.2. The third-order valence-corrected chi connectivity index (χ3v) is 12.9. The van der Waals surface area contributed by atoms with Crippen molar-refractivity contribution in [1.82, 2.24) is 45.2 Å². The third-order valence-electron chi connectivity index (χ3n) is 12.9. The molecule has 0 saturated carbocycles. The Morgan fingerprint density at radius 3 is 1.62 bits per heavy atom. The Labute approximate surface area is 507 Å². The molecule has 0 bridgehead atoms. The zero-order chi connectivity index (χ0) is 63.3. The summed E-state index contributed by atoms with van der Waals surface area (Å²) in [4.78, 5) is 11.6. The molecule has 3 N–H and O–H groups in total. The number of rotatable bonds is 6. The molecule has 6 aromatic heterocycles. The van der Waals surface area contributed by atoms with Crippen LogP contribution in [0.3, 0.4) is 0 Å². The molecule has 2 aliphatic heterocycles. The van der Waals surface area contributed by atoms with Gasteiger partial charge in [0.2, 0.25) is 0 Å².